The van der Waals surface area contributed by atoms with Crippen molar-refractivity contribution < 1.29 is 9.84 Å². The summed E-state index contributed by atoms with van der Waals surface area (Å²) in [6.07, 6.45) is 1.69. The number of nitrogens with two attached hydrogens (primary N) is 1. The van der Waals surface area contributed by atoms with Gasteiger partial charge < -0.3 is 20.2 Å². The molecule has 6 nitrogen and oxygen atoms in total. The van der Waals surface area contributed by atoms with Gasteiger partial charge in [0.1, 0.15) is 5.82 Å². The zero-order chi connectivity index (χ0) is 11.4. The SMILES string of the molecule is NNc1cc(N2CCOCC2CO)ccn1. The molecule has 4 N–H and O–H groups in total. The van der Waals surface area contributed by atoms with Crippen molar-refractivity contribution in [2.24, 2.45) is 5.84 Å². The van der Waals surface area contributed by atoms with Gasteiger partial charge in [0.15, 0.2) is 0 Å². The van der Waals surface area contributed by atoms with E-state index in [1.807, 2.05) is 12.1 Å². The van der Waals surface area contributed by atoms with Crippen molar-refractivity contribution in [2.45, 2.75) is 6.04 Å². The summed E-state index contributed by atoms with van der Waals surface area (Å²) in [5.41, 5.74) is 3.50. The van der Waals surface area contributed by atoms with Gasteiger partial charge in [-0.2, -0.15) is 0 Å². The van der Waals surface area contributed by atoms with Crippen LogP contribution in [0.5, 0.6) is 0 Å². The molecule has 1 aromatic heterocycles. The minimum atomic E-state index is 0.00164. The van der Waals surface area contributed by atoms with E-state index < -0.39 is 0 Å². The van der Waals surface area contributed by atoms with Crippen molar-refractivity contribution in [1.82, 2.24) is 4.98 Å². The van der Waals surface area contributed by atoms with Gasteiger partial charge in [0.2, 0.25) is 0 Å². The second-order valence-electron chi connectivity index (χ2n) is 3.65. The first-order chi connectivity index (χ1) is 7.85. The first kappa shape index (κ1) is 11.1. The molecule has 1 aromatic rings. The monoisotopic (exact) mass is 224 g/mol. The van der Waals surface area contributed by atoms with Crippen molar-refractivity contribution in [3.8, 4) is 0 Å². The van der Waals surface area contributed by atoms with Crippen LogP contribution in [0.25, 0.3) is 0 Å². The molecule has 6 heteroatoms. The van der Waals surface area contributed by atoms with E-state index in [0.29, 0.717) is 19.0 Å². The molecule has 88 valence electrons. The maximum atomic E-state index is 9.27. The fourth-order valence-corrected chi connectivity index (χ4v) is 1.82. The summed E-state index contributed by atoms with van der Waals surface area (Å²) < 4.78 is 5.32. The molecule has 0 amide bonds. The summed E-state index contributed by atoms with van der Waals surface area (Å²) in [7, 11) is 0. The Hall–Kier alpha value is -1.37. The lowest BCUT2D eigenvalue weighted by Crippen LogP contribution is -2.47. The van der Waals surface area contributed by atoms with Gasteiger partial charge in [0.25, 0.3) is 0 Å². The average Bonchev–Trinajstić information content (AvgIpc) is 2.38. The van der Waals surface area contributed by atoms with Crippen LogP contribution in [0.1, 0.15) is 0 Å². The molecule has 16 heavy (non-hydrogen) atoms. The van der Waals surface area contributed by atoms with Crippen LogP contribution in [0.4, 0.5) is 11.5 Å². The third kappa shape index (κ3) is 2.24. The van der Waals surface area contributed by atoms with Crippen LogP contribution in [0, 0.1) is 0 Å². The topological polar surface area (TPSA) is 83.6 Å². The number of nitrogens with zero attached hydrogens (tertiary/aromatic N) is 2. The van der Waals surface area contributed by atoms with Crippen molar-refractivity contribution in [2.75, 3.05) is 36.7 Å². The molecule has 1 atom stereocenters. The molecule has 0 aliphatic carbocycles. The molecule has 0 saturated carbocycles. The van der Waals surface area contributed by atoms with E-state index in [0.717, 1.165) is 12.2 Å². The second kappa shape index (κ2) is 5.11. The van der Waals surface area contributed by atoms with Gasteiger partial charge in [-0.3, -0.25) is 0 Å². The van der Waals surface area contributed by atoms with Gasteiger partial charge in [-0.05, 0) is 6.07 Å². The normalized spacial score (nSPS) is 20.9. The van der Waals surface area contributed by atoms with E-state index in [9.17, 15) is 5.11 Å². The van der Waals surface area contributed by atoms with Gasteiger partial charge >= 0.3 is 0 Å². The number of aliphatic hydroxyl groups is 1. The standard InChI is InChI=1S/C10H16N4O2/c11-13-10-5-8(1-2-12-10)14-3-4-16-7-9(14)6-15/h1-2,5,9,15H,3-4,6-7,11H2,(H,12,13). The first-order valence-corrected chi connectivity index (χ1v) is 5.23. The lowest BCUT2D eigenvalue weighted by Gasteiger charge is -2.36. The number of hydrogen-bond acceptors (Lipinski definition) is 6. The van der Waals surface area contributed by atoms with Crippen LogP contribution in [0.2, 0.25) is 0 Å². The summed E-state index contributed by atoms with van der Waals surface area (Å²) in [5, 5.41) is 9.27. The Bertz CT molecular complexity index is 347. The lowest BCUT2D eigenvalue weighted by molar-refractivity contribution is 0.0727. The highest BCUT2D eigenvalue weighted by Crippen LogP contribution is 2.21. The lowest BCUT2D eigenvalue weighted by atomic mass is 10.2. The average molecular weight is 224 g/mol. The summed E-state index contributed by atoms with van der Waals surface area (Å²) in [6, 6.07) is 3.75. The number of nitrogen functional groups attached to an aromatic ring is 1. The molecule has 0 spiro atoms. The molecule has 1 aliphatic rings. The molecule has 1 aliphatic heterocycles. The Morgan fingerprint density at radius 2 is 2.56 bits per heavy atom. The second-order valence-corrected chi connectivity index (χ2v) is 3.65. The Morgan fingerprint density at radius 3 is 3.31 bits per heavy atom. The third-order valence-corrected chi connectivity index (χ3v) is 2.66. The molecule has 2 rings (SSSR count). The number of rotatable bonds is 3. The number of hydrazine groups is 1. The van der Waals surface area contributed by atoms with Crippen LogP contribution >= 0.6 is 0 Å². The Balaban J connectivity index is 2.20. The first-order valence-electron chi connectivity index (χ1n) is 5.23. The van der Waals surface area contributed by atoms with E-state index >= 15 is 0 Å². The van der Waals surface area contributed by atoms with Crippen LogP contribution in [0.15, 0.2) is 18.3 Å². The minimum absolute atomic E-state index is 0.00164. The number of anilines is 2. The summed E-state index contributed by atoms with van der Waals surface area (Å²) in [6.45, 7) is 2.06. The van der Waals surface area contributed by atoms with E-state index in [2.05, 4.69) is 15.3 Å². The van der Waals surface area contributed by atoms with Gasteiger partial charge in [-0.15, -0.1) is 0 Å². The van der Waals surface area contributed by atoms with Crippen LogP contribution < -0.4 is 16.2 Å². The quantitative estimate of drug-likeness (QED) is 0.477. The van der Waals surface area contributed by atoms with E-state index in [4.69, 9.17) is 10.6 Å². The van der Waals surface area contributed by atoms with Gasteiger partial charge in [0, 0.05) is 24.5 Å². The zero-order valence-electron chi connectivity index (χ0n) is 8.97. The molecule has 2 heterocycles. The molecule has 1 fully saturated rings. The number of nitrogens with one attached hydrogen (secondary N) is 1. The predicted octanol–water partition coefficient (Wildman–Crippen LogP) is -0.435. The van der Waals surface area contributed by atoms with Gasteiger partial charge in [-0.25, -0.2) is 10.8 Å². The van der Waals surface area contributed by atoms with Crippen LogP contribution in [-0.4, -0.2) is 42.5 Å². The summed E-state index contributed by atoms with van der Waals surface area (Å²) in [4.78, 5) is 6.15. The number of ether oxygens (including phenoxy) is 1. The van der Waals surface area contributed by atoms with E-state index in [1.54, 1.807) is 6.20 Å². The van der Waals surface area contributed by atoms with Crippen molar-refractivity contribution in [3.05, 3.63) is 18.3 Å². The van der Waals surface area contributed by atoms with Crippen molar-refractivity contribution in [3.63, 3.8) is 0 Å². The fraction of sp³-hybridized carbons (Fsp3) is 0.500. The number of aromatic nitrogens is 1. The number of hydrogen-bond donors (Lipinski definition) is 3. The Morgan fingerprint density at radius 1 is 1.69 bits per heavy atom. The zero-order valence-corrected chi connectivity index (χ0v) is 8.97. The molecule has 0 bridgehead atoms. The highest BCUT2D eigenvalue weighted by molar-refractivity contribution is 5.54. The highest BCUT2D eigenvalue weighted by atomic mass is 16.5. The molecular weight excluding hydrogens is 208 g/mol. The van der Waals surface area contributed by atoms with E-state index in [1.165, 1.54) is 0 Å². The van der Waals surface area contributed by atoms with Crippen molar-refractivity contribution in [1.29, 1.82) is 0 Å². The van der Waals surface area contributed by atoms with Crippen LogP contribution in [-0.2, 0) is 4.74 Å². The number of morpholine rings is 1. The Labute approximate surface area is 94.0 Å². The molecular formula is C10H16N4O2. The maximum absolute atomic E-state index is 9.27. The number of aliphatic hydroxyl groups excluding tert-OH is 1. The van der Waals surface area contributed by atoms with Gasteiger partial charge in [0.05, 0.1) is 25.9 Å². The molecule has 1 saturated heterocycles. The number of pyridine rings is 1. The molecule has 1 unspecified atom stereocenters. The summed E-state index contributed by atoms with van der Waals surface area (Å²) in [5.74, 6) is 5.92. The highest BCUT2D eigenvalue weighted by Gasteiger charge is 2.22. The van der Waals surface area contributed by atoms with E-state index in [-0.39, 0.29) is 12.6 Å². The molecule has 0 aromatic carbocycles. The molecule has 0 radical (unpaired) electrons. The summed E-state index contributed by atoms with van der Waals surface area (Å²) >= 11 is 0. The largest absolute Gasteiger partial charge is 0.394 e. The predicted molar refractivity (Wildman–Crippen MR) is 61.1 cm³/mol. The minimum Gasteiger partial charge on any atom is -0.394 e. The Kier molecular flexibility index (Phi) is 3.55. The van der Waals surface area contributed by atoms with Crippen LogP contribution in [0.3, 0.4) is 0 Å². The van der Waals surface area contributed by atoms with Crippen molar-refractivity contribution >= 4 is 11.5 Å². The van der Waals surface area contributed by atoms with Gasteiger partial charge in [-0.1, -0.05) is 0 Å². The smallest absolute Gasteiger partial charge is 0.141 e. The fourth-order valence-electron chi connectivity index (χ4n) is 1.82. The third-order valence-electron chi connectivity index (χ3n) is 2.66. The maximum Gasteiger partial charge on any atom is 0.141 e.